The van der Waals surface area contributed by atoms with Crippen LogP contribution < -0.4 is 10.2 Å². The maximum Gasteiger partial charge on any atom is 0.228 e. The highest BCUT2D eigenvalue weighted by Crippen LogP contribution is 2.40. The van der Waals surface area contributed by atoms with Crippen molar-refractivity contribution in [3.8, 4) is 0 Å². The molecule has 3 fully saturated rings. The fourth-order valence-corrected chi connectivity index (χ4v) is 5.67. The normalized spacial score (nSPS) is 23.3. The van der Waals surface area contributed by atoms with Gasteiger partial charge in [0.1, 0.15) is 12.1 Å². The van der Waals surface area contributed by atoms with Crippen molar-refractivity contribution in [1.29, 1.82) is 0 Å². The molecule has 0 unspecified atom stereocenters. The molecule has 0 aromatic carbocycles. The zero-order valence-corrected chi connectivity index (χ0v) is 17.7. The zero-order valence-electron chi connectivity index (χ0n) is 16.9. The number of rotatable bonds is 6. The molecular formula is C21H22N8OS. The average Bonchev–Trinajstić information content (AvgIpc) is 3.32. The van der Waals surface area contributed by atoms with Crippen LogP contribution in [0.2, 0.25) is 0 Å². The van der Waals surface area contributed by atoms with Gasteiger partial charge in [-0.2, -0.15) is 10.1 Å². The quantitative estimate of drug-likeness (QED) is 0.476. The van der Waals surface area contributed by atoms with Gasteiger partial charge in [-0.05, 0) is 30.7 Å². The number of anilines is 3. The molecule has 31 heavy (non-hydrogen) atoms. The van der Waals surface area contributed by atoms with Gasteiger partial charge in [0.2, 0.25) is 5.95 Å². The molecule has 1 saturated carbocycles. The van der Waals surface area contributed by atoms with E-state index in [4.69, 9.17) is 14.5 Å². The number of likely N-dealkylation sites (tertiary alicyclic amines) is 1. The van der Waals surface area contributed by atoms with Gasteiger partial charge in [-0.15, -0.1) is 11.3 Å². The second kappa shape index (κ2) is 6.76. The summed E-state index contributed by atoms with van der Waals surface area (Å²) >= 11 is 1.66. The Bertz CT molecular complexity index is 1230. The lowest BCUT2D eigenvalue weighted by atomic mass is 10.2. The molecule has 2 bridgehead atoms. The van der Waals surface area contributed by atoms with E-state index in [2.05, 4.69) is 48.0 Å². The number of aromatic amines is 1. The Hall–Kier alpha value is -2.98. The van der Waals surface area contributed by atoms with E-state index in [1.807, 2.05) is 6.07 Å². The molecule has 2 saturated heterocycles. The molecule has 2 atom stereocenters. The molecule has 6 heterocycles. The number of hydrogen-bond donors (Lipinski definition) is 2. The van der Waals surface area contributed by atoms with Crippen LogP contribution >= 0.6 is 11.3 Å². The van der Waals surface area contributed by atoms with Gasteiger partial charge >= 0.3 is 0 Å². The van der Waals surface area contributed by atoms with Crippen molar-refractivity contribution >= 4 is 39.1 Å². The molecule has 0 amide bonds. The molecule has 158 valence electrons. The standard InChI is InChI=1S/C21H22N8OS/c1-2-12(1)17-8-18(26-25-17)23-20-19-16(4-6-31-19)22-21(24-20)29-11-14-7-15(29)10-28(14)9-13-3-5-30-27-13/h3-6,8,12,14-15H,1-2,7,9-11H2,(H2,22,23,24,25,26)/t14-,15-/m0/s1. The second-order valence-electron chi connectivity index (χ2n) is 8.73. The number of aromatic nitrogens is 5. The summed E-state index contributed by atoms with van der Waals surface area (Å²) in [4.78, 5) is 14.7. The number of H-pyrrole nitrogens is 1. The summed E-state index contributed by atoms with van der Waals surface area (Å²) in [5.41, 5.74) is 3.12. The van der Waals surface area contributed by atoms with Crippen LogP contribution in [0.4, 0.5) is 17.6 Å². The molecular weight excluding hydrogens is 412 g/mol. The van der Waals surface area contributed by atoms with Gasteiger partial charge in [0, 0.05) is 49.8 Å². The summed E-state index contributed by atoms with van der Waals surface area (Å²) in [6.45, 7) is 2.77. The van der Waals surface area contributed by atoms with Crippen LogP contribution in [0, 0.1) is 0 Å². The van der Waals surface area contributed by atoms with Gasteiger partial charge in [-0.1, -0.05) is 5.16 Å². The average molecular weight is 435 g/mol. The maximum atomic E-state index is 4.99. The van der Waals surface area contributed by atoms with E-state index >= 15 is 0 Å². The first-order valence-corrected chi connectivity index (χ1v) is 11.7. The molecule has 0 spiro atoms. The first kappa shape index (κ1) is 17.7. The SMILES string of the molecule is c1cc(CN2C[C@@H]3C[C@H]2CN3c2nc(Nc3cc(C4CC4)n[nH]3)c3sccc3n2)no1. The molecule has 10 heteroatoms. The lowest BCUT2D eigenvalue weighted by Crippen LogP contribution is -2.46. The lowest BCUT2D eigenvalue weighted by molar-refractivity contribution is 0.223. The van der Waals surface area contributed by atoms with Crippen molar-refractivity contribution in [2.75, 3.05) is 23.3 Å². The van der Waals surface area contributed by atoms with Gasteiger partial charge < -0.3 is 14.7 Å². The van der Waals surface area contributed by atoms with E-state index in [1.165, 1.54) is 12.8 Å². The summed E-state index contributed by atoms with van der Waals surface area (Å²) in [5, 5.41) is 17.2. The minimum Gasteiger partial charge on any atom is -0.364 e. The molecule has 4 aromatic rings. The van der Waals surface area contributed by atoms with E-state index < -0.39 is 0 Å². The van der Waals surface area contributed by atoms with Crippen molar-refractivity contribution in [3.05, 3.63) is 41.2 Å². The molecule has 2 N–H and O–H groups in total. The fourth-order valence-electron chi connectivity index (χ4n) is 4.90. The number of hydrogen-bond acceptors (Lipinski definition) is 9. The third-order valence-electron chi connectivity index (χ3n) is 6.61. The van der Waals surface area contributed by atoms with Gasteiger partial charge in [-0.3, -0.25) is 10.00 Å². The van der Waals surface area contributed by atoms with Crippen LogP contribution in [0.3, 0.4) is 0 Å². The molecule has 3 aliphatic rings. The Kier molecular flexibility index (Phi) is 3.85. The third kappa shape index (κ3) is 3.09. The predicted octanol–water partition coefficient (Wildman–Crippen LogP) is 3.49. The van der Waals surface area contributed by atoms with Crippen molar-refractivity contribution in [3.63, 3.8) is 0 Å². The number of fused-ring (bicyclic) bond motifs is 3. The summed E-state index contributed by atoms with van der Waals surface area (Å²) in [6, 6.07) is 7.05. The van der Waals surface area contributed by atoms with Crippen LogP contribution in [0.25, 0.3) is 10.2 Å². The fraction of sp³-hybridized carbons (Fsp3) is 0.429. The maximum absolute atomic E-state index is 4.99. The first-order valence-electron chi connectivity index (χ1n) is 10.8. The number of nitrogens with one attached hydrogen (secondary N) is 2. The smallest absolute Gasteiger partial charge is 0.228 e. The van der Waals surface area contributed by atoms with Crippen LogP contribution in [-0.2, 0) is 6.54 Å². The number of nitrogens with zero attached hydrogens (tertiary/aromatic N) is 6. The van der Waals surface area contributed by atoms with E-state index in [9.17, 15) is 0 Å². The van der Waals surface area contributed by atoms with Crippen LogP contribution in [0.15, 0.2) is 34.4 Å². The lowest BCUT2D eigenvalue weighted by Gasteiger charge is -2.33. The van der Waals surface area contributed by atoms with Crippen molar-refractivity contribution in [2.24, 2.45) is 0 Å². The van der Waals surface area contributed by atoms with E-state index in [1.54, 1.807) is 17.6 Å². The summed E-state index contributed by atoms with van der Waals surface area (Å²) in [6.07, 6.45) is 5.25. The highest BCUT2D eigenvalue weighted by molar-refractivity contribution is 7.17. The number of thiophene rings is 1. The number of piperazine rings is 1. The monoisotopic (exact) mass is 434 g/mol. The molecule has 0 radical (unpaired) electrons. The highest BCUT2D eigenvalue weighted by atomic mass is 32.1. The van der Waals surface area contributed by atoms with E-state index in [0.717, 1.165) is 65.2 Å². The van der Waals surface area contributed by atoms with Gasteiger partial charge in [0.25, 0.3) is 0 Å². The van der Waals surface area contributed by atoms with Crippen LogP contribution in [0.5, 0.6) is 0 Å². The first-order chi connectivity index (χ1) is 15.3. The summed E-state index contributed by atoms with van der Waals surface area (Å²) in [7, 11) is 0. The third-order valence-corrected chi connectivity index (χ3v) is 7.52. The topological polar surface area (TPSA) is 99.0 Å². The minimum atomic E-state index is 0.425. The van der Waals surface area contributed by atoms with Crippen LogP contribution in [0.1, 0.15) is 36.6 Å². The Morgan fingerprint density at radius 3 is 2.97 bits per heavy atom. The molecule has 2 aliphatic heterocycles. The molecule has 1 aliphatic carbocycles. The Labute approximate surface area is 182 Å². The Balaban J connectivity index is 1.14. The Morgan fingerprint density at radius 1 is 1.19 bits per heavy atom. The van der Waals surface area contributed by atoms with Gasteiger partial charge in [-0.25, -0.2) is 4.98 Å². The van der Waals surface area contributed by atoms with Gasteiger partial charge in [0.15, 0.2) is 5.82 Å². The van der Waals surface area contributed by atoms with Gasteiger partial charge in [0.05, 0.1) is 21.6 Å². The Morgan fingerprint density at radius 2 is 2.16 bits per heavy atom. The minimum absolute atomic E-state index is 0.425. The molecule has 7 rings (SSSR count). The summed E-state index contributed by atoms with van der Waals surface area (Å²) in [5.74, 6) is 3.17. The summed E-state index contributed by atoms with van der Waals surface area (Å²) < 4.78 is 6.06. The zero-order chi connectivity index (χ0) is 20.4. The van der Waals surface area contributed by atoms with Crippen molar-refractivity contribution in [1.82, 2.24) is 30.2 Å². The van der Waals surface area contributed by atoms with E-state index in [-0.39, 0.29) is 0 Å². The predicted molar refractivity (Wildman–Crippen MR) is 118 cm³/mol. The van der Waals surface area contributed by atoms with Crippen molar-refractivity contribution in [2.45, 2.75) is 43.8 Å². The van der Waals surface area contributed by atoms with E-state index in [0.29, 0.717) is 18.0 Å². The van der Waals surface area contributed by atoms with Crippen LogP contribution in [-0.4, -0.2) is 55.4 Å². The molecule has 9 nitrogen and oxygen atoms in total. The highest BCUT2D eigenvalue weighted by Gasteiger charge is 2.44. The molecule has 4 aromatic heterocycles. The second-order valence-corrected chi connectivity index (χ2v) is 9.64. The largest absolute Gasteiger partial charge is 0.364 e. The van der Waals surface area contributed by atoms with Crippen molar-refractivity contribution < 1.29 is 4.52 Å².